The molecule has 1 rings (SSSR count). The van der Waals surface area contributed by atoms with Crippen molar-refractivity contribution in [2.24, 2.45) is 0 Å². The monoisotopic (exact) mass is 749 g/mol. The van der Waals surface area contributed by atoms with Crippen molar-refractivity contribution >= 4 is 13.7 Å². The molecular weight excluding hydrogens is 681 g/mol. The summed E-state index contributed by atoms with van der Waals surface area (Å²) in [5.41, 5.74) is 0. The molecule has 14 heteroatoms. The SMILES string of the molecule is CCCCC/C=C\CCCCCC(O)CC(=O)NC(COP(=O)(O)OC1C(O)C(O)C(O)C(O)C1O)C(O)/C=C/CC/C=C/CCCCCCC. The lowest BCUT2D eigenvalue weighted by molar-refractivity contribution is -0.220. The third-order valence-electron chi connectivity index (χ3n) is 8.95. The number of amides is 1. The molecule has 0 aliphatic heterocycles. The zero-order valence-electron chi connectivity index (χ0n) is 30.8. The van der Waals surface area contributed by atoms with Crippen molar-refractivity contribution in [2.75, 3.05) is 6.61 Å². The standard InChI is InChI=1S/C37H68NO12P/c1-3-5-7-9-11-13-15-17-19-21-23-25-30(40)29(27-49-51(47,48)50-37-35(45)33(43)32(42)34(44)36(37)46)38-31(41)26-28(39)24-22-20-18-16-14-12-10-8-6-4-2/h12,14-15,17,23,25,28-30,32-37,39-40,42-46H,3-11,13,16,18-22,24,26-27H2,1-2H3,(H,38,41)(H,47,48)/b14-12-,17-15+,25-23+. The van der Waals surface area contributed by atoms with E-state index in [4.69, 9.17) is 9.05 Å². The Labute approximate surface area is 305 Å². The van der Waals surface area contributed by atoms with Gasteiger partial charge in [-0.1, -0.05) is 102 Å². The number of carbonyl (C=O) groups excluding carboxylic acids is 1. The second-order valence-corrected chi connectivity index (χ2v) is 15.0. The number of rotatable bonds is 29. The summed E-state index contributed by atoms with van der Waals surface area (Å²) in [6.45, 7) is 3.60. The Morgan fingerprint density at radius 3 is 1.75 bits per heavy atom. The van der Waals surface area contributed by atoms with Gasteiger partial charge in [0.1, 0.15) is 36.6 Å². The number of aliphatic hydroxyl groups is 7. The molecule has 0 aromatic carbocycles. The van der Waals surface area contributed by atoms with E-state index in [9.17, 15) is 50.0 Å². The molecule has 298 valence electrons. The molecule has 0 aromatic rings. The number of hydrogen-bond acceptors (Lipinski definition) is 11. The topological polar surface area (TPSA) is 226 Å². The Morgan fingerprint density at radius 1 is 0.686 bits per heavy atom. The van der Waals surface area contributed by atoms with Gasteiger partial charge in [0.15, 0.2) is 0 Å². The molecule has 1 aliphatic rings. The zero-order chi connectivity index (χ0) is 38.1. The number of hydrogen-bond donors (Lipinski definition) is 9. The second-order valence-electron chi connectivity index (χ2n) is 13.6. The first kappa shape index (κ1) is 47.5. The first-order chi connectivity index (χ1) is 24.3. The van der Waals surface area contributed by atoms with Crippen LogP contribution in [-0.2, 0) is 18.4 Å². The predicted octanol–water partition coefficient (Wildman–Crippen LogP) is 4.24. The minimum absolute atomic E-state index is 0.265. The molecule has 0 saturated heterocycles. The Morgan fingerprint density at radius 2 is 1.16 bits per heavy atom. The van der Waals surface area contributed by atoms with E-state index in [1.807, 2.05) is 0 Å². The predicted molar refractivity (Wildman–Crippen MR) is 197 cm³/mol. The number of aliphatic hydroxyl groups excluding tert-OH is 7. The quantitative estimate of drug-likeness (QED) is 0.0297. The lowest BCUT2D eigenvalue weighted by Gasteiger charge is -2.41. The van der Waals surface area contributed by atoms with Gasteiger partial charge in [0, 0.05) is 0 Å². The highest BCUT2D eigenvalue weighted by molar-refractivity contribution is 7.47. The summed E-state index contributed by atoms with van der Waals surface area (Å²) in [6.07, 6.45) is 14.2. The van der Waals surface area contributed by atoms with Crippen LogP contribution < -0.4 is 5.32 Å². The average Bonchev–Trinajstić information content (AvgIpc) is 3.09. The number of phosphoric acid groups is 1. The van der Waals surface area contributed by atoms with E-state index in [0.29, 0.717) is 12.8 Å². The van der Waals surface area contributed by atoms with Crippen LogP contribution in [0.1, 0.15) is 129 Å². The largest absolute Gasteiger partial charge is 0.472 e. The van der Waals surface area contributed by atoms with Crippen LogP contribution >= 0.6 is 7.82 Å². The molecular formula is C37H68NO12P. The van der Waals surface area contributed by atoms with E-state index in [-0.39, 0.29) is 6.42 Å². The summed E-state index contributed by atoms with van der Waals surface area (Å²) in [7, 11) is -5.14. The minimum Gasteiger partial charge on any atom is -0.393 e. The van der Waals surface area contributed by atoms with Crippen molar-refractivity contribution in [1.29, 1.82) is 0 Å². The summed E-state index contributed by atoms with van der Waals surface area (Å²) in [4.78, 5) is 23.2. The normalized spacial score (nSPS) is 25.8. The molecule has 51 heavy (non-hydrogen) atoms. The van der Waals surface area contributed by atoms with E-state index >= 15 is 0 Å². The van der Waals surface area contributed by atoms with E-state index in [1.54, 1.807) is 6.08 Å². The van der Waals surface area contributed by atoms with Gasteiger partial charge in [0.25, 0.3) is 0 Å². The number of unbranched alkanes of at least 4 members (excludes halogenated alkanes) is 12. The Kier molecular flexibility index (Phi) is 26.1. The molecule has 13 nitrogen and oxygen atoms in total. The summed E-state index contributed by atoms with van der Waals surface area (Å²) in [5.74, 6) is -0.618. The Balaban J connectivity index is 2.72. The number of carbonyl (C=O) groups is 1. The third kappa shape index (κ3) is 21.1. The first-order valence-electron chi connectivity index (χ1n) is 19.0. The summed E-state index contributed by atoms with van der Waals surface area (Å²) in [6, 6.07) is -1.26. The molecule has 0 radical (unpaired) electrons. The Hall–Kier alpha value is -1.48. The zero-order valence-corrected chi connectivity index (χ0v) is 31.6. The van der Waals surface area contributed by atoms with Crippen LogP contribution in [0.4, 0.5) is 0 Å². The molecule has 0 heterocycles. The number of phosphoric ester groups is 1. The number of allylic oxidation sites excluding steroid dienone is 5. The van der Waals surface area contributed by atoms with E-state index in [2.05, 4.69) is 43.5 Å². The molecule has 9 N–H and O–H groups in total. The van der Waals surface area contributed by atoms with Crippen LogP contribution in [0.25, 0.3) is 0 Å². The number of nitrogens with one attached hydrogen (secondary N) is 1. The third-order valence-corrected chi connectivity index (χ3v) is 9.93. The highest BCUT2D eigenvalue weighted by atomic mass is 31.2. The maximum Gasteiger partial charge on any atom is 0.472 e. The van der Waals surface area contributed by atoms with Gasteiger partial charge in [0.05, 0.1) is 31.3 Å². The van der Waals surface area contributed by atoms with Crippen molar-refractivity contribution in [3.63, 3.8) is 0 Å². The average molecular weight is 750 g/mol. The van der Waals surface area contributed by atoms with Gasteiger partial charge < -0.3 is 46.0 Å². The molecule has 1 fully saturated rings. The van der Waals surface area contributed by atoms with Gasteiger partial charge >= 0.3 is 7.82 Å². The maximum absolute atomic E-state index is 12.9. The lowest BCUT2D eigenvalue weighted by atomic mass is 9.85. The maximum atomic E-state index is 12.9. The van der Waals surface area contributed by atoms with Crippen LogP contribution in [0.3, 0.4) is 0 Å². The molecule has 8 atom stereocenters. The van der Waals surface area contributed by atoms with Gasteiger partial charge in [-0.3, -0.25) is 13.8 Å². The van der Waals surface area contributed by atoms with Gasteiger partial charge in [-0.15, -0.1) is 0 Å². The van der Waals surface area contributed by atoms with Gasteiger partial charge in [-0.05, 0) is 57.8 Å². The van der Waals surface area contributed by atoms with Crippen LogP contribution in [0.2, 0.25) is 0 Å². The van der Waals surface area contributed by atoms with Gasteiger partial charge in [-0.2, -0.15) is 0 Å². The van der Waals surface area contributed by atoms with E-state index in [0.717, 1.165) is 51.4 Å². The van der Waals surface area contributed by atoms with Crippen molar-refractivity contribution in [1.82, 2.24) is 5.32 Å². The van der Waals surface area contributed by atoms with E-state index < -0.39 is 75.2 Å². The fraction of sp³-hybridized carbons (Fsp3) is 0.811. The van der Waals surface area contributed by atoms with Crippen LogP contribution in [-0.4, -0.2) is 108 Å². The molecule has 1 amide bonds. The van der Waals surface area contributed by atoms with Crippen molar-refractivity contribution in [2.45, 2.75) is 184 Å². The molecule has 0 bridgehead atoms. The van der Waals surface area contributed by atoms with Gasteiger partial charge in [0.2, 0.25) is 5.91 Å². The van der Waals surface area contributed by atoms with Gasteiger partial charge in [-0.25, -0.2) is 4.57 Å². The molecule has 1 aliphatic carbocycles. The highest BCUT2D eigenvalue weighted by Crippen LogP contribution is 2.47. The first-order valence-corrected chi connectivity index (χ1v) is 20.5. The smallest absolute Gasteiger partial charge is 0.393 e. The molecule has 1 saturated carbocycles. The fourth-order valence-electron chi connectivity index (χ4n) is 5.72. The summed E-state index contributed by atoms with van der Waals surface area (Å²) < 4.78 is 22.7. The molecule has 0 aromatic heterocycles. The van der Waals surface area contributed by atoms with Crippen LogP contribution in [0.15, 0.2) is 36.5 Å². The Bertz CT molecular complexity index is 1030. The summed E-state index contributed by atoms with van der Waals surface area (Å²) >= 11 is 0. The summed E-state index contributed by atoms with van der Waals surface area (Å²) in [5, 5.41) is 73.9. The fourth-order valence-corrected chi connectivity index (χ4v) is 6.68. The second kappa shape index (κ2) is 28.0. The molecule has 8 unspecified atom stereocenters. The highest BCUT2D eigenvalue weighted by Gasteiger charge is 2.51. The van der Waals surface area contributed by atoms with Crippen molar-refractivity contribution < 1.29 is 59.0 Å². The van der Waals surface area contributed by atoms with Crippen molar-refractivity contribution in [3.05, 3.63) is 36.5 Å². The van der Waals surface area contributed by atoms with Crippen LogP contribution in [0, 0.1) is 0 Å². The van der Waals surface area contributed by atoms with E-state index in [1.165, 1.54) is 51.0 Å². The lowest BCUT2D eigenvalue weighted by Crippen LogP contribution is -2.64. The minimum atomic E-state index is -5.14. The van der Waals surface area contributed by atoms with Crippen LogP contribution in [0.5, 0.6) is 0 Å². The van der Waals surface area contributed by atoms with Crippen molar-refractivity contribution in [3.8, 4) is 0 Å². The molecule has 0 spiro atoms.